The van der Waals surface area contributed by atoms with Gasteiger partial charge in [0.2, 0.25) is 11.8 Å². The van der Waals surface area contributed by atoms with Gasteiger partial charge in [-0.1, -0.05) is 19.8 Å². The molecule has 0 aliphatic rings. The molecule has 0 unspecified atom stereocenters. The SMILES string of the molecule is CCCCCNC(=O)CN(C(C)=O)c1ccc(F)c(F)c1F. The molecule has 0 saturated heterocycles. The van der Waals surface area contributed by atoms with Gasteiger partial charge in [0.15, 0.2) is 17.5 Å². The van der Waals surface area contributed by atoms with Gasteiger partial charge in [0.25, 0.3) is 0 Å². The van der Waals surface area contributed by atoms with Crippen LogP contribution in [0.5, 0.6) is 0 Å². The highest BCUT2D eigenvalue weighted by Gasteiger charge is 2.22. The predicted molar refractivity (Wildman–Crippen MR) is 76.9 cm³/mol. The van der Waals surface area contributed by atoms with E-state index in [1.807, 2.05) is 6.92 Å². The van der Waals surface area contributed by atoms with Crippen molar-refractivity contribution >= 4 is 17.5 Å². The standard InChI is InChI=1S/C15H19F3N2O2/c1-3-4-5-8-19-13(22)9-20(10(2)21)12-7-6-11(16)14(17)15(12)18/h6-7H,3-5,8-9H2,1-2H3,(H,19,22). The van der Waals surface area contributed by atoms with E-state index in [9.17, 15) is 22.8 Å². The van der Waals surface area contributed by atoms with Crippen molar-refractivity contribution in [2.75, 3.05) is 18.0 Å². The molecule has 0 saturated carbocycles. The monoisotopic (exact) mass is 316 g/mol. The van der Waals surface area contributed by atoms with Crippen LogP contribution >= 0.6 is 0 Å². The van der Waals surface area contributed by atoms with Crippen LogP contribution in [0.3, 0.4) is 0 Å². The largest absolute Gasteiger partial charge is 0.355 e. The Bertz CT molecular complexity index is 550. The average Bonchev–Trinajstić information content (AvgIpc) is 2.47. The van der Waals surface area contributed by atoms with E-state index in [0.29, 0.717) is 12.6 Å². The van der Waals surface area contributed by atoms with E-state index in [0.717, 1.165) is 37.2 Å². The lowest BCUT2D eigenvalue weighted by Gasteiger charge is -2.21. The van der Waals surface area contributed by atoms with Crippen LogP contribution in [-0.4, -0.2) is 24.9 Å². The number of unbranched alkanes of at least 4 members (excludes halogenated alkanes) is 2. The number of nitrogens with one attached hydrogen (secondary N) is 1. The van der Waals surface area contributed by atoms with Crippen LogP contribution < -0.4 is 10.2 Å². The summed E-state index contributed by atoms with van der Waals surface area (Å²) in [5, 5.41) is 2.59. The predicted octanol–water partition coefficient (Wildman–Crippen LogP) is 2.76. The van der Waals surface area contributed by atoms with Gasteiger partial charge in [-0.05, 0) is 18.6 Å². The van der Waals surface area contributed by atoms with Crippen LogP contribution in [0, 0.1) is 17.5 Å². The second-order valence-electron chi connectivity index (χ2n) is 4.86. The van der Waals surface area contributed by atoms with E-state index in [2.05, 4.69) is 5.32 Å². The maximum Gasteiger partial charge on any atom is 0.240 e. The van der Waals surface area contributed by atoms with Gasteiger partial charge in [-0.15, -0.1) is 0 Å². The van der Waals surface area contributed by atoms with E-state index < -0.39 is 41.5 Å². The molecule has 0 atom stereocenters. The summed E-state index contributed by atoms with van der Waals surface area (Å²) >= 11 is 0. The first kappa shape index (κ1) is 18.0. The number of anilines is 1. The van der Waals surface area contributed by atoms with Crippen LogP contribution in [0.4, 0.5) is 18.9 Å². The Morgan fingerprint density at radius 2 is 1.82 bits per heavy atom. The Kier molecular flexibility index (Phi) is 6.88. The van der Waals surface area contributed by atoms with Crippen molar-refractivity contribution in [1.29, 1.82) is 0 Å². The fourth-order valence-corrected chi connectivity index (χ4v) is 1.89. The Labute approximate surface area is 127 Å². The molecule has 122 valence electrons. The maximum atomic E-state index is 13.7. The van der Waals surface area contributed by atoms with Gasteiger partial charge in [0.1, 0.15) is 6.54 Å². The number of hydrogen-bond donors (Lipinski definition) is 1. The van der Waals surface area contributed by atoms with Gasteiger partial charge >= 0.3 is 0 Å². The smallest absolute Gasteiger partial charge is 0.240 e. The molecule has 4 nitrogen and oxygen atoms in total. The first-order valence-corrected chi connectivity index (χ1v) is 7.06. The molecule has 0 radical (unpaired) electrons. The molecule has 1 aromatic carbocycles. The minimum atomic E-state index is -1.67. The zero-order valence-electron chi connectivity index (χ0n) is 12.6. The number of rotatable bonds is 7. The third-order valence-electron chi connectivity index (χ3n) is 3.09. The molecule has 0 heterocycles. The Morgan fingerprint density at radius 1 is 1.14 bits per heavy atom. The molecule has 0 bridgehead atoms. The van der Waals surface area contributed by atoms with Gasteiger partial charge in [0.05, 0.1) is 5.69 Å². The van der Waals surface area contributed by atoms with Gasteiger partial charge in [0, 0.05) is 13.5 Å². The Balaban J connectivity index is 2.81. The van der Waals surface area contributed by atoms with E-state index in [1.54, 1.807) is 0 Å². The summed E-state index contributed by atoms with van der Waals surface area (Å²) in [4.78, 5) is 24.1. The maximum absolute atomic E-state index is 13.7. The number of carbonyl (C=O) groups is 2. The second kappa shape index (κ2) is 8.41. The highest BCUT2D eigenvalue weighted by Crippen LogP contribution is 2.23. The number of benzene rings is 1. The zero-order chi connectivity index (χ0) is 16.7. The fourth-order valence-electron chi connectivity index (χ4n) is 1.89. The zero-order valence-corrected chi connectivity index (χ0v) is 12.6. The van der Waals surface area contributed by atoms with Gasteiger partial charge in [-0.3, -0.25) is 9.59 Å². The van der Waals surface area contributed by atoms with Gasteiger partial charge in [-0.2, -0.15) is 0 Å². The van der Waals surface area contributed by atoms with Gasteiger partial charge in [-0.25, -0.2) is 13.2 Å². The quantitative estimate of drug-likeness (QED) is 0.621. The van der Waals surface area contributed by atoms with Crippen molar-refractivity contribution in [3.05, 3.63) is 29.6 Å². The van der Waals surface area contributed by atoms with E-state index in [-0.39, 0.29) is 0 Å². The van der Waals surface area contributed by atoms with Crippen molar-refractivity contribution in [3.63, 3.8) is 0 Å². The minimum Gasteiger partial charge on any atom is -0.355 e. The average molecular weight is 316 g/mol. The highest BCUT2D eigenvalue weighted by atomic mass is 19.2. The molecule has 0 aliphatic carbocycles. The Hall–Kier alpha value is -2.05. The van der Waals surface area contributed by atoms with Gasteiger partial charge < -0.3 is 10.2 Å². The summed E-state index contributed by atoms with van der Waals surface area (Å²) in [6.45, 7) is 3.12. The Morgan fingerprint density at radius 3 is 2.41 bits per heavy atom. The summed E-state index contributed by atoms with van der Waals surface area (Å²) < 4.78 is 39.9. The van der Waals surface area contributed by atoms with Crippen molar-refractivity contribution in [1.82, 2.24) is 5.32 Å². The van der Waals surface area contributed by atoms with Crippen molar-refractivity contribution in [2.24, 2.45) is 0 Å². The summed E-state index contributed by atoms with van der Waals surface area (Å²) in [6, 6.07) is 1.64. The summed E-state index contributed by atoms with van der Waals surface area (Å²) in [6.07, 6.45) is 2.74. The fraction of sp³-hybridized carbons (Fsp3) is 0.467. The molecule has 0 aromatic heterocycles. The van der Waals surface area contributed by atoms with Crippen molar-refractivity contribution in [2.45, 2.75) is 33.1 Å². The van der Waals surface area contributed by atoms with Crippen LogP contribution in [0.1, 0.15) is 33.1 Å². The topological polar surface area (TPSA) is 49.4 Å². The number of nitrogens with zero attached hydrogens (tertiary/aromatic N) is 1. The molecule has 1 rings (SSSR count). The van der Waals surface area contributed by atoms with E-state index in [1.165, 1.54) is 0 Å². The lowest BCUT2D eigenvalue weighted by molar-refractivity contribution is -0.123. The molecule has 7 heteroatoms. The number of amides is 2. The lowest BCUT2D eigenvalue weighted by Crippen LogP contribution is -2.40. The third kappa shape index (κ3) is 4.75. The molecule has 2 amide bonds. The highest BCUT2D eigenvalue weighted by molar-refractivity contribution is 5.97. The van der Waals surface area contributed by atoms with Crippen molar-refractivity contribution < 1.29 is 22.8 Å². The second-order valence-corrected chi connectivity index (χ2v) is 4.86. The summed E-state index contributed by atoms with van der Waals surface area (Å²) in [7, 11) is 0. The normalized spacial score (nSPS) is 10.4. The number of halogens is 3. The van der Waals surface area contributed by atoms with Crippen LogP contribution in [0.2, 0.25) is 0 Å². The minimum absolute atomic E-state index is 0.443. The molecular weight excluding hydrogens is 297 g/mol. The summed E-state index contributed by atoms with van der Waals surface area (Å²) in [5.74, 6) is -5.65. The molecule has 0 aliphatic heterocycles. The van der Waals surface area contributed by atoms with Crippen LogP contribution in [0.25, 0.3) is 0 Å². The molecule has 22 heavy (non-hydrogen) atoms. The third-order valence-corrected chi connectivity index (χ3v) is 3.09. The molecular formula is C15H19F3N2O2. The molecule has 1 N–H and O–H groups in total. The van der Waals surface area contributed by atoms with E-state index >= 15 is 0 Å². The summed E-state index contributed by atoms with van der Waals surface area (Å²) in [5.41, 5.74) is -0.463. The number of carbonyl (C=O) groups excluding carboxylic acids is 2. The van der Waals surface area contributed by atoms with Crippen LogP contribution in [0.15, 0.2) is 12.1 Å². The van der Waals surface area contributed by atoms with Crippen molar-refractivity contribution in [3.8, 4) is 0 Å². The van der Waals surface area contributed by atoms with E-state index in [4.69, 9.17) is 0 Å². The lowest BCUT2D eigenvalue weighted by atomic mass is 10.2. The first-order valence-electron chi connectivity index (χ1n) is 7.06. The van der Waals surface area contributed by atoms with Crippen LogP contribution in [-0.2, 0) is 9.59 Å². The first-order chi connectivity index (χ1) is 10.4. The molecule has 1 aromatic rings. The molecule has 0 spiro atoms. The number of hydrogen-bond acceptors (Lipinski definition) is 2. The molecule has 0 fully saturated rings.